The number of carbonyl (C=O) groups is 1. The van der Waals surface area contributed by atoms with Crippen LogP contribution in [-0.2, 0) is 4.79 Å². The highest BCUT2D eigenvalue weighted by Gasteiger charge is 2.09. The fourth-order valence-electron chi connectivity index (χ4n) is 1.69. The van der Waals surface area contributed by atoms with Crippen LogP contribution in [-0.4, -0.2) is 11.0 Å². The molecule has 2 aromatic rings. The van der Waals surface area contributed by atoms with E-state index in [4.69, 9.17) is 5.26 Å². The number of hydrogen-bond acceptors (Lipinski definition) is 3. The number of carbonyl (C=O) groups excluding carboxylic acids is 1. The molecule has 0 aromatic heterocycles. The van der Waals surface area contributed by atoms with Gasteiger partial charge in [-0.25, -0.2) is 0 Å². The molecule has 4 nitrogen and oxygen atoms in total. The highest BCUT2D eigenvalue weighted by molar-refractivity contribution is 9.10. The maximum Gasteiger partial charge on any atom is 0.266 e. The Bertz CT molecular complexity index is 748. The highest BCUT2D eigenvalue weighted by atomic mass is 79.9. The summed E-state index contributed by atoms with van der Waals surface area (Å²) in [5, 5.41) is 21.1. The van der Waals surface area contributed by atoms with Crippen molar-refractivity contribution in [3.8, 4) is 11.8 Å². The molecule has 5 heteroatoms. The molecule has 0 aliphatic carbocycles. The van der Waals surface area contributed by atoms with E-state index in [1.165, 1.54) is 18.2 Å². The number of benzene rings is 2. The molecule has 2 N–H and O–H groups in total. The van der Waals surface area contributed by atoms with Crippen molar-refractivity contribution in [1.82, 2.24) is 0 Å². The Morgan fingerprint density at radius 3 is 2.67 bits per heavy atom. The monoisotopic (exact) mass is 342 g/mol. The summed E-state index contributed by atoms with van der Waals surface area (Å²) in [5.41, 5.74) is 1.13. The number of rotatable bonds is 3. The first-order valence-electron chi connectivity index (χ1n) is 6.06. The number of nitrogens with one attached hydrogen (secondary N) is 1. The summed E-state index contributed by atoms with van der Waals surface area (Å²) in [6, 6.07) is 15.3. The quantitative estimate of drug-likeness (QED) is 0.659. The summed E-state index contributed by atoms with van der Waals surface area (Å²) in [6.45, 7) is 0. The second-order valence-electron chi connectivity index (χ2n) is 4.23. The minimum absolute atomic E-state index is 0.0411. The largest absolute Gasteiger partial charge is 0.508 e. The van der Waals surface area contributed by atoms with Crippen LogP contribution in [0.3, 0.4) is 0 Å². The van der Waals surface area contributed by atoms with E-state index >= 15 is 0 Å². The van der Waals surface area contributed by atoms with E-state index in [9.17, 15) is 9.90 Å². The number of amides is 1. The van der Waals surface area contributed by atoms with E-state index in [1.54, 1.807) is 30.3 Å². The molecular weight excluding hydrogens is 332 g/mol. The molecule has 0 saturated heterocycles. The van der Waals surface area contributed by atoms with Crippen molar-refractivity contribution in [2.45, 2.75) is 0 Å². The van der Waals surface area contributed by atoms with Gasteiger partial charge < -0.3 is 10.4 Å². The molecular formula is C16H11BrN2O2. The van der Waals surface area contributed by atoms with Crippen molar-refractivity contribution >= 4 is 33.6 Å². The molecule has 0 heterocycles. The molecule has 0 radical (unpaired) electrons. The van der Waals surface area contributed by atoms with Crippen LogP contribution < -0.4 is 5.32 Å². The Balaban J connectivity index is 2.21. The van der Waals surface area contributed by atoms with E-state index in [0.717, 1.165) is 4.47 Å². The number of nitrogens with zero attached hydrogens (tertiary/aromatic N) is 1. The van der Waals surface area contributed by atoms with Gasteiger partial charge in [0.15, 0.2) is 0 Å². The number of anilines is 1. The van der Waals surface area contributed by atoms with Gasteiger partial charge in [0.25, 0.3) is 5.91 Å². The average molecular weight is 343 g/mol. The number of phenols is 1. The lowest BCUT2D eigenvalue weighted by atomic mass is 10.1. The van der Waals surface area contributed by atoms with Gasteiger partial charge in [-0.2, -0.15) is 5.26 Å². The van der Waals surface area contributed by atoms with Crippen LogP contribution in [0.15, 0.2) is 58.6 Å². The van der Waals surface area contributed by atoms with Crippen molar-refractivity contribution in [1.29, 1.82) is 5.26 Å². The summed E-state index contributed by atoms with van der Waals surface area (Å²) in [4.78, 5) is 12.1. The van der Waals surface area contributed by atoms with Crippen LogP contribution >= 0.6 is 15.9 Å². The Morgan fingerprint density at radius 1 is 1.24 bits per heavy atom. The van der Waals surface area contributed by atoms with E-state index in [0.29, 0.717) is 11.3 Å². The molecule has 0 spiro atoms. The van der Waals surface area contributed by atoms with Gasteiger partial charge in [0.1, 0.15) is 17.4 Å². The standard InChI is InChI=1S/C16H11BrN2O2/c17-13-4-2-5-14(9-13)19-16(21)12(10-18)7-11-3-1-6-15(20)8-11/h1-9,20H,(H,19,21)/b12-7+. The highest BCUT2D eigenvalue weighted by Crippen LogP contribution is 2.18. The Labute approximate surface area is 130 Å². The van der Waals surface area contributed by atoms with Crippen LogP contribution in [0.2, 0.25) is 0 Å². The third-order valence-electron chi connectivity index (χ3n) is 2.63. The maximum absolute atomic E-state index is 12.1. The van der Waals surface area contributed by atoms with Gasteiger partial charge in [-0.1, -0.05) is 34.1 Å². The van der Waals surface area contributed by atoms with E-state index < -0.39 is 5.91 Å². The molecule has 0 unspecified atom stereocenters. The molecule has 2 rings (SSSR count). The Morgan fingerprint density at radius 2 is 2.00 bits per heavy atom. The number of phenolic OH excluding ortho intramolecular Hbond substituents is 1. The van der Waals surface area contributed by atoms with Gasteiger partial charge in [0, 0.05) is 10.2 Å². The zero-order valence-electron chi connectivity index (χ0n) is 10.9. The number of aromatic hydroxyl groups is 1. The molecule has 2 aromatic carbocycles. The molecule has 0 saturated carbocycles. The number of nitriles is 1. The predicted molar refractivity (Wildman–Crippen MR) is 84.5 cm³/mol. The number of hydrogen-bond donors (Lipinski definition) is 2. The van der Waals surface area contributed by atoms with Gasteiger partial charge in [-0.05, 0) is 42.0 Å². The third-order valence-corrected chi connectivity index (χ3v) is 3.12. The molecule has 0 aliphatic heterocycles. The van der Waals surface area contributed by atoms with Crippen molar-refractivity contribution in [2.75, 3.05) is 5.32 Å². The molecule has 0 bridgehead atoms. The molecule has 104 valence electrons. The van der Waals surface area contributed by atoms with Gasteiger partial charge in [-0.3, -0.25) is 4.79 Å². The van der Waals surface area contributed by atoms with E-state index in [-0.39, 0.29) is 11.3 Å². The van der Waals surface area contributed by atoms with Gasteiger partial charge >= 0.3 is 0 Å². The summed E-state index contributed by atoms with van der Waals surface area (Å²) < 4.78 is 0.829. The second kappa shape index (κ2) is 6.73. The summed E-state index contributed by atoms with van der Waals surface area (Å²) in [5.74, 6) is -0.424. The maximum atomic E-state index is 12.1. The lowest BCUT2D eigenvalue weighted by Crippen LogP contribution is -2.13. The van der Waals surface area contributed by atoms with Crippen molar-refractivity contribution in [3.63, 3.8) is 0 Å². The second-order valence-corrected chi connectivity index (χ2v) is 5.14. The van der Waals surface area contributed by atoms with E-state index in [2.05, 4.69) is 21.2 Å². The van der Waals surface area contributed by atoms with Crippen LogP contribution in [0.4, 0.5) is 5.69 Å². The molecule has 1 amide bonds. The molecule has 0 aliphatic rings. The zero-order valence-corrected chi connectivity index (χ0v) is 12.5. The first kappa shape index (κ1) is 14.8. The van der Waals surface area contributed by atoms with Crippen LogP contribution in [0, 0.1) is 11.3 Å². The first-order valence-corrected chi connectivity index (χ1v) is 6.85. The lowest BCUT2D eigenvalue weighted by Gasteiger charge is -2.04. The molecule has 0 fully saturated rings. The SMILES string of the molecule is N#C/C(=C\c1cccc(O)c1)C(=O)Nc1cccc(Br)c1. The smallest absolute Gasteiger partial charge is 0.266 e. The summed E-state index contributed by atoms with van der Waals surface area (Å²) >= 11 is 3.31. The van der Waals surface area contributed by atoms with Crippen LogP contribution in [0.1, 0.15) is 5.56 Å². The zero-order chi connectivity index (χ0) is 15.2. The molecule has 0 atom stereocenters. The number of halogens is 1. The summed E-state index contributed by atoms with van der Waals surface area (Å²) in [6.07, 6.45) is 1.42. The van der Waals surface area contributed by atoms with Crippen molar-refractivity contribution in [3.05, 3.63) is 64.1 Å². The van der Waals surface area contributed by atoms with Crippen LogP contribution in [0.25, 0.3) is 6.08 Å². The van der Waals surface area contributed by atoms with Gasteiger partial charge in [0.05, 0.1) is 0 Å². The minimum atomic E-state index is -0.501. The lowest BCUT2D eigenvalue weighted by molar-refractivity contribution is -0.112. The van der Waals surface area contributed by atoms with Crippen molar-refractivity contribution in [2.24, 2.45) is 0 Å². The average Bonchev–Trinajstić information content (AvgIpc) is 2.44. The topological polar surface area (TPSA) is 73.1 Å². The van der Waals surface area contributed by atoms with Crippen LogP contribution in [0.5, 0.6) is 5.75 Å². The Hall–Kier alpha value is -2.58. The fourth-order valence-corrected chi connectivity index (χ4v) is 2.09. The minimum Gasteiger partial charge on any atom is -0.508 e. The predicted octanol–water partition coefficient (Wildman–Crippen LogP) is 3.70. The fraction of sp³-hybridized carbons (Fsp3) is 0. The summed E-state index contributed by atoms with van der Waals surface area (Å²) in [7, 11) is 0. The molecule has 21 heavy (non-hydrogen) atoms. The van der Waals surface area contributed by atoms with Gasteiger partial charge in [-0.15, -0.1) is 0 Å². The first-order chi connectivity index (χ1) is 10.1. The van der Waals surface area contributed by atoms with Crippen molar-refractivity contribution < 1.29 is 9.90 Å². The Kier molecular flexibility index (Phi) is 4.75. The van der Waals surface area contributed by atoms with E-state index in [1.807, 2.05) is 12.1 Å². The third kappa shape index (κ3) is 4.20. The van der Waals surface area contributed by atoms with Gasteiger partial charge in [0.2, 0.25) is 0 Å². The normalized spacial score (nSPS) is 10.8.